The van der Waals surface area contributed by atoms with Crippen molar-refractivity contribution < 1.29 is 8.78 Å². The minimum Gasteiger partial charge on any atom is -0.316 e. The minimum absolute atomic E-state index is 0.424. The standard InChI is InChI=1S/C16H25F2N/c1-4-5-19-11-14(6-12(2)3)7-13-8-15(17)10-16(18)9-13/h8-10,12,14,19H,4-7,11H2,1-3H3. The predicted octanol–water partition coefficient (Wildman–Crippen LogP) is 4.17. The fraction of sp³-hybridized carbons (Fsp3) is 0.625. The Morgan fingerprint density at radius 2 is 1.74 bits per heavy atom. The summed E-state index contributed by atoms with van der Waals surface area (Å²) in [6.45, 7) is 8.39. The molecule has 0 amide bonds. The van der Waals surface area contributed by atoms with Crippen molar-refractivity contribution in [3.8, 4) is 0 Å². The topological polar surface area (TPSA) is 12.0 Å². The van der Waals surface area contributed by atoms with Crippen LogP contribution in [0.2, 0.25) is 0 Å². The molecule has 1 aromatic rings. The lowest BCUT2D eigenvalue weighted by atomic mass is 9.91. The molecular formula is C16H25F2N. The first-order valence-corrected chi connectivity index (χ1v) is 7.17. The van der Waals surface area contributed by atoms with E-state index in [9.17, 15) is 8.78 Å². The molecule has 0 heterocycles. The number of nitrogens with one attached hydrogen (secondary N) is 1. The van der Waals surface area contributed by atoms with E-state index in [1.807, 2.05) is 0 Å². The third kappa shape index (κ3) is 6.67. The summed E-state index contributed by atoms with van der Waals surface area (Å²) in [4.78, 5) is 0. The second-order valence-corrected chi connectivity index (χ2v) is 5.68. The van der Waals surface area contributed by atoms with Gasteiger partial charge < -0.3 is 5.32 Å². The first-order chi connectivity index (χ1) is 9.01. The zero-order valence-corrected chi connectivity index (χ0v) is 12.2. The molecule has 0 aromatic heterocycles. The number of hydrogen-bond acceptors (Lipinski definition) is 1. The van der Waals surface area contributed by atoms with Crippen molar-refractivity contribution in [2.75, 3.05) is 13.1 Å². The Balaban J connectivity index is 2.63. The van der Waals surface area contributed by atoms with Gasteiger partial charge in [-0.15, -0.1) is 0 Å². The quantitative estimate of drug-likeness (QED) is 0.698. The average Bonchev–Trinajstić information content (AvgIpc) is 2.26. The summed E-state index contributed by atoms with van der Waals surface area (Å²) in [6, 6.07) is 3.81. The van der Waals surface area contributed by atoms with Crippen LogP contribution in [0.3, 0.4) is 0 Å². The molecular weight excluding hydrogens is 244 g/mol. The monoisotopic (exact) mass is 269 g/mol. The van der Waals surface area contributed by atoms with E-state index >= 15 is 0 Å². The molecule has 0 radical (unpaired) electrons. The molecule has 1 nitrogen and oxygen atoms in total. The van der Waals surface area contributed by atoms with Crippen molar-refractivity contribution in [3.05, 3.63) is 35.4 Å². The summed E-state index contributed by atoms with van der Waals surface area (Å²) in [6.07, 6.45) is 2.89. The Hall–Kier alpha value is -0.960. The summed E-state index contributed by atoms with van der Waals surface area (Å²) in [7, 11) is 0. The average molecular weight is 269 g/mol. The molecule has 1 atom stereocenters. The van der Waals surface area contributed by atoms with E-state index in [-0.39, 0.29) is 0 Å². The Kier molecular flexibility index (Phi) is 7.00. The van der Waals surface area contributed by atoms with Gasteiger partial charge in [-0.3, -0.25) is 0 Å². The maximum Gasteiger partial charge on any atom is 0.126 e. The molecule has 0 fully saturated rings. The normalized spacial score (nSPS) is 12.9. The van der Waals surface area contributed by atoms with Crippen LogP contribution in [0.25, 0.3) is 0 Å². The molecule has 1 N–H and O–H groups in total. The van der Waals surface area contributed by atoms with Crippen LogP contribution in [0, 0.1) is 23.5 Å². The number of hydrogen-bond donors (Lipinski definition) is 1. The molecule has 1 aromatic carbocycles. The minimum atomic E-state index is -0.486. The molecule has 3 heteroatoms. The first-order valence-electron chi connectivity index (χ1n) is 7.17. The molecule has 19 heavy (non-hydrogen) atoms. The van der Waals surface area contributed by atoms with Crippen LogP contribution in [0.5, 0.6) is 0 Å². The fourth-order valence-corrected chi connectivity index (χ4v) is 2.45. The lowest BCUT2D eigenvalue weighted by molar-refractivity contribution is 0.384. The van der Waals surface area contributed by atoms with Crippen LogP contribution in [-0.2, 0) is 6.42 Å². The van der Waals surface area contributed by atoms with Gasteiger partial charge in [0.2, 0.25) is 0 Å². The van der Waals surface area contributed by atoms with Gasteiger partial charge >= 0.3 is 0 Å². The maximum atomic E-state index is 13.2. The van der Waals surface area contributed by atoms with Gasteiger partial charge in [0, 0.05) is 6.07 Å². The largest absolute Gasteiger partial charge is 0.316 e. The summed E-state index contributed by atoms with van der Waals surface area (Å²) in [5.74, 6) is 0.0409. The van der Waals surface area contributed by atoms with E-state index in [4.69, 9.17) is 0 Å². The number of halogens is 2. The van der Waals surface area contributed by atoms with E-state index in [1.165, 1.54) is 12.1 Å². The van der Waals surface area contributed by atoms with Crippen LogP contribution in [0.4, 0.5) is 8.78 Å². The summed E-state index contributed by atoms with van der Waals surface area (Å²) in [5, 5.41) is 3.40. The van der Waals surface area contributed by atoms with Crippen LogP contribution >= 0.6 is 0 Å². The number of benzene rings is 1. The fourth-order valence-electron chi connectivity index (χ4n) is 2.45. The zero-order valence-electron chi connectivity index (χ0n) is 12.2. The highest BCUT2D eigenvalue weighted by molar-refractivity contribution is 5.18. The first kappa shape index (κ1) is 16.1. The van der Waals surface area contributed by atoms with E-state index in [0.29, 0.717) is 11.8 Å². The van der Waals surface area contributed by atoms with Crippen molar-refractivity contribution in [2.24, 2.45) is 11.8 Å². The highest BCUT2D eigenvalue weighted by Crippen LogP contribution is 2.18. The van der Waals surface area contributed by atoms with Crippen LogP contribution in [0.15, 0.2) is 18.2 Å². The van der Waals surface area contributed by atoms with E-state index in [0.717, 1.165) is 44.0 Å². The molecule has 0 aliphatic carbocycles. The Bertz CT molecular complexity index is 357. The van der Waals surface area contributed by atoms with Crippen molar-refractivity contribution in [1.82, 2.24) is 5.32 Å². The molecule has 1 unspecified atom stereocenters. The molecule has 0 spiro atoms. The molecule has 0 bridgehead atoms. The van der Waals surface area contributed by atoms with Gasteiger partial charge in [0.05, 0.1) is 0 Å². The molecule has 1 rings (SSSR count). The van der Waals surface area contributed by atoms with E-state index in [1.54, 1.807) is 0 Å². The lowest BCUT2D eigenvalue weighted by Gasteiger charge is -2.20. The highest BCUT2D eigenvalue weighted by atomic mass is 19.1. The third-order valence-corrected chi connectivity index (χ3v) is 3.11. The molecule has 108 valence electrons. The Morgan fingerprint density at radius 1 is 1.11 bits per heavy atom. The van der Waals surface area contributed by atoms with E-state index < -0.39 is 11.6 Å². The smallest absolute Gasteiger partial charge is 0.126 e. The van der Waals surface area contributed by atoms with Gasteiger partial charge in [0.25, 0.3) is 0 Å². The van der Waals surface area contributed by atoms with Gasteiger partial charge in [-0.1, -0.05) is 20.8 Å². The molecule has 0 saturated carbocycles. The van der Waals surface area contributed by atoms with Crippen molar-refractivity contribution in [3.63, 3.8) is 0 Å². The third-order valence-electron chi connectivity index (χ3n) is 3.11. The summed E-state index contributed by atoms with van der Waals surface area (Å²) >= 11 is 0. The lowest BCUT2D eigenvalue weighted by Crippen LogP contribution is -2.26. The van der Waals surface area contributed by atoms with Gasteiger partial charge in [-0.2, -0.15) is 0 Å². The summed E-state index contributed by atoms with van der Waals surface area (Å²) < 4.78 is 26.4. The Morgan fingerprint density at radius 3 is 2.26 bits per heavy atom. The predicted molar refractivity (Wildman–Crippen MR) is 76.2 cm³/mol. The van der Waals surface area contributed by atoms with Crippen LogP contribution < -0.4 is 5.32 Å². The van der Waals surface area contributed by atoms with Crippen molar-refractivity contribution in [1.29, 1.82) is 0 Å². The Labute approximate surface area is 115 Å². The van der Waals surface area contributed by atoms with Crippen LogP contribution in [0.1, 0.15) is 39.2 Å². The van der Waals surface area contributed by atoms with Crippen LogP contribution in [-0.4, -0.2) is 13.1 Å². The molecule has 0 aliphatic rings. The SMILES string of the molecule is CCCNCC(Cc1cc(F)cc(F)c1)CC(C)C. The van der Waals surface area contributed by atoms with Gasteiger partial charge in [-0.05, 0) is 61.9 Å². The number of rotatable bonds is 8. The summed E-state index contributed by atoms with van der Waals surface area (Å²) in [5.41, 5.74) is 0.751. The molecule has 0 saturated heterocycles. The van der Waals surface area contributed by atoms with Crippen molar-refractivity contribution in [2.45, 2.75) is 40.0 Å². The van der Waals surface area contributed by atoms with Gasteiger partial charge in [0.15, 0.2) is 0 Å². The zero-order chi connectivity index (χ0) is 14.3. The molecule has 0 aliphatic heterocycles. The van der Waals surface area contributed by atoms with Gasteiger partial charge in [-0.25, -0.2) is 8.78 Å². The maximum absolute atomic E-state index is 13.2. The van der Waals surface area contributed by atoms with E-state index in [2.05, 4.69) is 26.1 Å². The highest BCUT2D eigenvalue weighted by Gasteiger charge is 2.13. The second-order valence-electron chi connectivity index (χ2n) is 5.68. The van der Waals surface area contributed by atoms with Crippen molar-refractivity contribution >= 4 is 0 Å². The van der Waals surface area contributed by atoms with Gasteiger partial charge in [0.1, 0.15) is 11.6 Å². The second kappa shape index (κ2) is 8.26.